The van der Waals surface area contributed by atoms with Crippen molar-refractivity contribution < 1.29 is 4.42 Å². The first-order valence-electron chi connectivity index (χ1n) is 14.9. The van der Waals surface area contributed by atoms with E-state index in [4.69, 9.17) is 9.40 Å². The zero-order chi connectivity index (χ0) is 29.3. The van der Waals surface area contributed by atoms with Crippen LogP contribution in [-0.2, 0) is 6.42 Å². The number of rotatable bonds is 6. The van der Waals surface area contributed by atoms with E-state index in [0.29, 0.717) is 5.89 Å². The molecular formula is C41H27NOS. The Hall–Kier alpha value is -5.43. The van der Waals surface area contributed by atoms with Crippen molar-refractivity contribution in [1.29, 1.82) is 0 Å². The monoisotopic (exact) mass is 581 g/mol. The largest absolute Gasteiger partial charge is 0.444 e. The maximum Gasteiger partial charge on any atom is 0.226 e. The highest BCUT2D eigenvalue weighted by atomic mass is 32.1. The number of hydrogen-bond acceptors (Lipinski definition) is 3. The highest BCUT2D eigenvalue weighted by Gasteiger charge is 2.26. The van der Waals surface area contributed by atoms with Crippen molar-refractivity contribution >= 4 is 17.4 Å². The van der Waals surface area contributed by atoms with Gasteiger partial charge in [-0.1, -0.05) is 121 Å². The third kappa shape index (κ3) is 4.67. The number of aromatic nitrogens is 1. The minimum atomic E-state index is 0.616. The van der Waals surface area contributed by atoms with E-state index >= 15 is 0 Å². The Labute approximate surface area is 261 Å². The number of fused-ring (bicyclic) bond motifs is 1. The molecule has 0 spiro atoms. The fourth-order valence-corrected chi connectivity index (χ4v) is 7.59. The molecule has 1 aliphatic carbocycles. The Morgan fingerprint density at radius 2 is 1.39 bits per heavy atom. The van der Waals surface area contributed by atoms with Crippen molar-refractivity contribution in [1.82, 2.24) is 4.98 Å². The molecule has 3 heteroatoms. The molecule has 0 unspecified atom stereocenters. The van der Waals surface area contributed by atoms with Crippen LogP contribution >= 0.6 is 11.3 Å². The summed E-state index contributed by atoms with van der Waals surface area (Å²) in [5, 5.41) is 0. The van der Waals surface area contributed by atoms with Gasteiger partial charge < -0.3 is 4.42 Å². The molecule has 5 aromatic carbocycles. The van der Waals surface area contributed by atoms with Gasteiger partial charge in [-0.05, 0) is 64.9 Å². The van der Waals surface area contributed by atoms with Crippen molar-refractivity contribution in [3.8, 4) is 65.8 Å². The zero-order valence-corrected chi connectivity index (χ0v) is 24.8. The summed E-state index contributed by atoms with van der Waals surface area (Å²) in [5.74, 6) is 0.616. The first kappa shape index (κ1) is 26.2. The van der Waals surface area contributed by atoms with Crippen LogP contribution in [0.5, 0.6) is 0 Å². The standard InChI is InChI=1S/C41H27NOS/c1-4-15-28(16-5-1)31-21-10-11-22-33(31)39-34-23-12-13-24-35(34)40(44-39)38-32(29-17-6-2-7-18-29)25-14-26-36(38)37-27-43-41(42-37)30-19-8-3-9-20-30/h1-6,8-12,14-17,19-23,25-27H,13,24H2. The van der Waals surface area contributed by atoms with Crippen molar-refractivity contribution in [3.63, 3.8) is 0 Å². The van der Waals surface area contributed by atoms with E-state index < -0.39 is 0 Å². The lowest BCUT2D eigenvalue weighted by atomic mass is 9.88. The summed E-state index contributed by atoms with van der Waals surface area (Å²) in [5.41, 5.74) is 12.5. The summed E-state index contributed by atoms with van der Waals surface area (Å²) in [7, 11) is 0. The van der Waals surface area contributed by atoms with Crippen LogP contribution < -0.4 is 0 Å². The SMILES string of the molecule is c1cccc(-c2cccc(-c3coc(-c4ccccc4)n3)c2-c2sc(-c3ccccc3-c3ccccc3)c3c2CCC=C3)c#1. The van der Waals surface area contributed by atoms with Gasteiger partial charge in [-0.15, -0.1) is 11.3 Å². The predicted octanol–water partition coefficient (Wildman–Crippen LogP) is 11.3. The fourth-order valence-electron chi connectivity index (χ4n) is 6.14. The van der Waals surface area contributed by atoms with Gasteiger partial charge in [-0.25, -0.2) is 4.98 Å². The summed E-state index contributed by atoms with van der Waals surface area (Å²) in [6, 6.07) is 48.6. The summed E-state index contributed by atoms with van der Waals surface area (Å²) < 4.78 is 6.06. The van der Waals surface area contributed by atoms with Crippen LogP contribution in [0.3, 0.4) is 0 Å². The quantitative estimate of drug-likeness (QED) is 0.195. The maximum absolute atomic E-state index is 6.06. The molecule has 0 fully saturated rings. The number of oxazole rings is 1. The van der Waals surface area contributed by atoms with Gasteiger partial charge in [0.15, 0.2) is 0 Å². The van der Waals surface area contributed by atoms with Gasteiger partial charge in [-0.3, -0.25) is 0 Å². The predicted molar refractivity (Wildman–Crippen MR) is 182 cm³/mol. The van der Waals surface area contributed by atoms with Gasteiger partial charge in [-0.2, -0.15) is 0 Å². The average Bonchev–Trinajstić information content (AvgIpc) is 3.75. The third-order valence-electron chi connectivity index (χ3n) is 8.18. The smallest absolute Gasteiger partial charge is 0.226 e. The van der Waals surface area contributed by atoms with Crippen LogP contribution in [0.4, 0.5) is 0 Å². The summed E-state index contributed by atoms with van der Waals surface area (Å²) in [6.45, 7) is 0. The minimum absolute atomic E-state index is 0.616. The van der Waals surface area contributed by atoms with Crippen LogP contribution in [-0.4, -0.2) is 4.98 Å². The van der Waals surface area contributed by atoms with Crippen molar-refractivity contribution in [2.45, 2.75) is 12.8 Å². The molecule has 0 atom stereocenters. The van der Waals surface area contributed by atoms with Gasteiger partial charge in [0, 0.05) is 37.6 Å². The second-order valence-electron chi connectivity index (χ2n) is 10.8. The van der Waals surface area contributed by atoms with Crippen molar-refractivity contribution in [2.75, 3.05) is 0 Å². The Kier molecular flexibility index (Phi) is 6.76. The molecule has 2 heterocycles. The van der Waals surface area contributed by atoms with Crippen molar-refractivity contribution in [2.24, 2.45) is 0 Å². The Morgan fingerprint density at radius 3 is 2.18 bits per heavy atom. The Bertz CT molecular complexity index is 2100. The second kappa shape index (κ2) is 11.3. The molecule has 0 radical (unpaired) electrons. The first-order chi connectivity index (χ1) is 21.8. The van der Waals surface area contributed by atoms with Crippen LogP contribution in [0.2, 0.25) is 0 Å². The van der Waals surface area contributed by atoms with Crippen LogP contribution in [0.1, 0.15) is 17.5 Å². The van der Waals surface area contributed by atoms with Crippen molar-refractivity contribution in [3.05, 3.63) is 157 Å². The number of allylic oxidation sites excluding steroid dienone is 1. The summed E-state index contributed by atoms with van der Waals surface area (Å²) >= 11 is 1.88. The van der Waals surface area contributed by atoms with E-state index in [0.717, 1.165) is 46.4 Å². The van der Waals surface area contributed by atoms with Gasteiger partial charge >= 0.3 is 0 Å². The molecule has 0 bridgehead atoms. The maximum atomic E-state index is 6.06. The topological polar surface area (TPSA) is 26.0 Å². The molecular weight excluding hydrogens is 555 g/mol. The molecule has 44 heavy (non-hydrogen) atoms. The molecule has 2 aromatic heterocycles. The number of nitrogens with zero attached hydrogens (tertiary/aromatic N) is 1. The van der Waals surface area contributed by atoms with Crippen LogP contribution in [0.15, 0.2) is 138 Å². The van der Waals surface area contributed by atoms with Gasteiger partial charge in [0.05, 0.1) is 0 Å². The molecule has 8 rings (SSSR count). The number of hydrogen-bond donors (Lipinski definition) is 0. The molecule has 0 N–H and O–H groups in total. The molecule has 0 saturated heterocycles. The molecule has 0 amide bonds. The third-order valence-corrected chi connectivity index (χ3v) is 9.48. The van der Waals surface area contributed by atoms with E-state index in [9.17, 15) is 0 Å². The van der Waals surface area contributed by atoms with Crippen LogP contribution in [0.25, 0.3) is 71.9 Å². The molecule has 0 aliphatic heterocycles. The number of benzene rings is 4. The molecule has 208 valence electrons. The van der Waals surface area contributed by atoms with E-state index in [-0.39, 0.29) is 0 Å². The fraction of sp³-hybridized carbons (Fsp3) is 0.0488. The average molecular weight is 582 g/mol. The molecule has 7 aromatic rings. The highest BCUT2D eigenvalue weighted by molar-refractivity contribution is 7.19. The minimum Gasteiger partial charge on any atom is -0.444 e. The molecule has 0 saturated carbocycles. The first-order valence-corrected chi connectivity index (χ1v) is 15.7. The molecule has 2 nitrogen and oxygen atoms in total. The second-order valence-corrected chi connectivity index (χ2v) is 11.9. The molecule has 1 aliphatic rings. The summed E-state index contributed by atoms with van der Waals surface area (Å²) in [6.07, 6.45) is 8.42. The Morgan fingerprint density at radius 1 is 0.659 bits per heavy atom. The lowest BCUT2D eigenvalue weighted by Gasteiger charge is -2.15. The van der Waals surface area contributed by atoms with E-state index in [1.807, 2.05) is 53.8 Å². The summed E-state index contributed by atoms with van der Waals surface area (Å²) in [4.78, 5) is 7.57. The lowest BCUT2D eigenvalue weighted by Crippen LogP contribution is -1.96. The van der Waals surface area contributed by atoms with Crippen LogP contribution in [0, 0.1) is 12.1 Å². The number of thiophene rings is 1. The zero-order valence-electron chi connectivity index (χ0n) is 24.0. The normalized spacial score (nSPS) is 12.1. The van der Waals surface area contributed by atoms with E-state index in [1.54, 1.807) is 6.26 Å². The van der Waals surface area contributed by atoms with Gasteiger partial charge in [0.1, 0.15) is 12.0 Å². The Balaban J connectivity index is 1.38. The van der Waals surface area contributed by atoms with Gasteiger partial charge in [0.2, 0.25) is 5.89 Å². The highest BCUT2D eigenvalue weighted by Crippen LogP contribution is 2.51. The lowest BCUT2D eigenvalue weighted by molar-refractivity contribution is 0.575. The van der Waals surface area contributed by atoms with E-state index in [2.05, 4.69) is 103 Å². The van der Waals surface area contributed by atoms with E-state index in [1.165, 1.54) is 37.6 Å². The van der Waals surface area contributed by atoms with Gasteiger partial charge in [0.25, 0.3) is 0 Å².